The van der Waals surface area contributed by atoms with Crippen LogP contribution in [-0.4, -0.2) is 47.2 Å². The standard InChI is InChI=1S/C11H19N3O2/c1-4-16-11(15)9-13(2)7-5-10-12-6-8-14(10)3/h6,8H,4-5,7,9H2,1-3H3. The maximum Gasteiger partial charge on any atom is 0.320 e. The average Bonchev–Trinajstić information content (AvgIpc) is 2.61. The quantitative estimate of drug-likeness (QED) is 0.660. The van der Waals surface area contributed by atoms with Crippen LogP contribution < -0.4 is 0 Å². The largest absolute Gasteiger partial charge is 0.465 e. The van der Waals surface area contributed by atoms with Gasteiger partial charge in [0.15, 0.2) is 0 Å². The molecular formula is C11H19N3O2. The normalized spacial score (nSPS) is 10.8. The second-order valence-electron chi connectivity index (χ2n) is 3.75. The van der Waals surface area contributed by atoms with E-state index >= 15 is 0 Å². The van der Waals surface area contributed by atoms with Gasteiger partial charge in [-0.05, 0) is 14.0 Å². The molecule has 0 unspecified atom stereocenters. The monoisotopic (exact) mass is 225 g/mol. The molecule has 5 heteroatoms. The van der Waals surface area contributed by atoms with E-state index < -0.39 is 0 Å². The molecule has 1 rings (SSSR count). The summed E-state index contributed by atoms with van der Waals surface area (Å²) < 4.78 is 6.86. The third kappa shape index (κ3) is 4.02. The van der Waals surface area contributed by atoms with E-state index in [1.165, 1.54) is 0 Å². The van der Waals surface area contributed by atoms with Crippen LogP contribution >= 0.6 is 0 Å². The van der Waals surface area contributed by atoms with Crippen molar-refractivity contribution < 1.29 is 9.53 Å². The number of carbonyl (C=O) groups is 1. The molecule has 1 aromatic heterocycles. The molecule has 1 aromatic rings. The summed E-state index contributed by atoms with van der Waals surface area (Å²) in [5, 5.41) is 0. The van der Waals surface area contributed by atoms with Gasteiger partial charge in [-0.3, -0.25) is 9.69 Å². The van der Waals surface area contributed by atoms with Crippen molar-refractivity contribution in [2.75, 3.05) is 26.7 Å². The highest BCUT2D eigenvalue weighted by Crippen LogP contribution is 1.97. The molecule has 0 aliphatic carbocycles. The number of esters is 1. The third-order valence-corrected chi connectivity index (χ3v) is 2.34. The molecule has 0 atom stereocenters. The third-order valence-electron chi connectivity index (χ3n) is 2.34. The Labute approximate surface area is 96.0 Å². The highest BCUT2D eigenvalue weighted by Gasteiger charge is 2.08. The number of ether oxygens (including phenoxy) is 1. The van der Waals surface area contributed by atoms with E-state index in [1.807, 2.05) is 36.7 Å². The number of hydrogen-bond acceptors (Lipinski definition) is 4. The molecule has 0 bridgehead atoms. The van der Waals surface area contributed by atoms with Gasteiger partial charge in [-0.25, -0.2) is 4.98 Å². The summed E-state index contributed by atoms with van der Waals surface area (Å²) in [7, 11) is 3.87. The fourth-order valence-corrected chi connectivity index (χ4v) is 1.43. The highest BCUT2D eigenvalue weighted by atomic mass is 16.5. The lowest BCUT2D eigenvalue weighted by molar-refractivity contribution is -0.144. The predicted molar refractivity (Wildman–Crippen MR) is 61.0 cm³/mol. The summed E-state index contributed by atoms with van der Waals surface area (Å²) in [5.74, 6) is 0.848. The van der Waals surface area contributed by atoms with Crippen LogP contribution in [0.15, 0.2) is 12.4 Å². The summed E-state index contributed by atoms with van der Waals surface area (Å²) >= 11 is 0. The van der Waals surface area contributed by atoms with Gasteiger partial charge in [0, 0.05) is 32.4 Å². The highest BCUT2D eigenvalue weighted by molar-refractivity contribution is 5.71. The van der Waals surface area contributed by atoms with Crippen molar-refractivity contribution in [3.8, 4) is 0 Å². The summed E-state index contributed by atoms with van der Waals surface area (Å²) in [6.45, 7) is 3.37. The van der Waals surface area contributed by atoms with Crippen molar-refractivity contribution in [2.45, 2.75) is 13.3 Å². The first-order chi connectivity index (χ1) is 7.63. The fourth-order valence-electron chi connectivity index (χ4n) is 1.43. The number of aromatic nitrogens is 2. The number of nitrogens with zero attached hydrogens (tertiary/aromatic N) is 3. The van der Waals surface area contributed by atoms with Gasteiger partial charge in [-0.2, -0.15) is 0 Å². The Morgan fingerprint density at radius 1 is 1.62 bits per heavy atom. The second kappa shape index (κ2) is 6.27. The Hall–Kier alpha value is -1.36. The van der Waals surface area contributed by atoms with E-state index in [9.17, 15) is 4.79 Å². The van der Waals surface area contributed by atoms with E-state index in [-0.39, 0.29) is 5.97 Å². The summed E-state index contributed by atoms with van der Waals surface area (Å²) in [4.78, 5) is 17.4. The van der Waals surface area contributed by atoms with Crippen LogP contribution in [0, 0.1) is 0 Å². The van der Waals surface area contributed by atoms with Crippen LogP contribution in [0.25, 0.3) is 0 Å². The van der Waals surface area contributed by atoms with Crippen LogP contribution in [0.1, 0.15) is 12.7 Å². The van der Waals surface area contributed by atoms with Crippen molar-refractivity contribution in [3.63, 3.8) is 0 Å². The van der Waals surface area contributed by atoms with Crippen molar-refractivity contribution in [2.24, 2.45) is 7.05 Å². The Kier molecular flexibility index (Phi) is 4.98. The van der Waals surface area contributed by atoms with Crippen LogP contribution in [0.4, 0.5) is 0 Å². The molecule has 90 valence electrons. The molecule has 0 spiro atoms. The molecule has 5 nitrogen and oxygen atoms in total. The molecule has 0 fully saturated rings. The molecule has 0 N–H and O–H groups in total. The lowest BCUT2D eigenvalue weighted by Gasteiger charge is -2.14. The molecule has 0 saturated heterocycles. The maximum absolute atomic E-state index is 11.2. The molecule has 0 aliphatic heterocycles. The Balaban J connectivity index is 2.27. The number of imidazole rings is 1. The smallest absolute Gasteiger partial charge is 0.320 e. The van der Waals surface area contributed by atoms with Crippen molar-refractivity contribution in [1.29, 1.82) is 0 Å². The first kappa shape index (κ1) is 12.7. The van der Waals surface area contributed by atoms with Gasteiger partial charge in [0.05, 0.1) is 13.2 Å². The predicted octanol–water partition coefficient (Wildman–Crippen LogP) is 0.457. The van der Waals surface area contributed by atoms with Gasteiger partial charge in [0.1, 0.15) is 5.82 Å². The van der Waals surface area contributed by atoms with E-state index in [4.69, 9.17) is 4.74 Å². The number of likely N-dealkylation sites (N-methyl/N-ethyl adjacent to an activating group) is 1. The summed E-state index contributed by atoms with van der Waals surface area (Å²) in [6.07, 6.45) is 4.53. The minimum Gasteiger partial charge on any atom is -0.465 e. The zero-order valence-electron chi connectivity index (χ0n) is 10.1. The van der Waals surface area contributed by atoms with Gasteiger partial charge in [-0.1, -0.05) is 0 Å². The topological polar surface area (TPSA) is 47.4 Å². The molecule has 0 aliphatic rings. The maximum atomic E-state index is 11.2. The van der Waals surface area contributed by atoms with E-state index in [1.54, 1.807) is 6.20 Å². The Morgan fingerprint density at radius 2 is 2.38 bits per heavy atom. The number of hydrogen-bond donors (Lipinski definition) is 0. The zero-order valence-corrected chi connectivity index (χ0v) is 10.1. The van der Waals surface area contributed by atoms with Crippen LogP contribution in [0.5, 0.6) is 0 Å². The van der Waals surface area contributed by atoms with Crippen molar-refractivity contribution in [3.05, 3.63) is 18.2 Å². The van der Waals surface area contributed by atoms with Gasteiger partial charge >= 0.3 is 5.97 Å². The average molecular weight is 225 g/mol. The number of rotatable bonds is 6. The molecule has 0 amide bonds. The first-order valence-corrected chi connectivity index (χ1v) is 5.43. The number of aryl methyl sites for hydroxylation is 1. The van der Waals surface area contributed by atoms with E-state index in [2.05, 4.69) is 4.98 Å². The van der Waals surface area contributed by atoms with Gasteiger partial charge in [-0.15, -0.1) is 0 Å². The molecule has 1 heterocycles. The minimum absolute atomic E-state index is 0.176. The Morgan fingerprint density at radius 3 is 2.94 bits per heavy atom. The molecule has 16 heavy (non-hydrogen) atoms. The van der Waals surface area contributed by atoms with E-state index in [0.717, 1.165) is 18.8 Å². The van der Waals surface area contributed by atoms with Gasteiger partial charge < -0.3 is 9.30 Å². The minimum atomic E-state index is -0.176. The SMILES string of the molecule is CCOC(=O)CN(C)CCc1nccn1C. The van der Waals surface area contributed by atoms with Crippen LogP contribution in [0.2, 0.25) is 0 Å². The fraction of sp³-hybridized carbons (Fsp3) is 0.636. The van der Waals surface area contributed by atoms with Crippen molar-refractivity contribution in [1.82, 2.24) is 14.5 Å². The number of carbonyl (C=O) groups excluding carboxylic acids is 1. The molecule has 0 saturated carbocycles. The summed E-state index contributed by atoms with van der Waals surface area (Å²) in [5.41, 5.74) is 0. The lowest BCUT2D eigenvalue weighted by atomic mass is 10.3. The summed E-state index contributed by atoms with van der Waals surface area (Å²) in [6, 6.07) is 0. The molecule has 0 aromatic carbocycles. The van der Waals surface area contributed by atoms with Crippen molar-refractivity contribution >= 4 is 5.97 Å². The molecular weight excluding hydrogens is 206 g/mol. The first-order valence-electron chi connectivity index (χ1n) is 5.43. The second-order valence-corrected chi connectivity index (χ2v) is 3.75. The van der Waals surface area contributed by atoms with Gasteiger partial charge in [0.25, 0.3) is 0 Å². The van der Waals surface area contributed by atoms with Crippen LogP contribution in [0.3, 0.4) is 0 Å². The zero-order chi connectivity index (χ0) is 12.0. The van der Waals surface area contributed by atoms with E-state index in [0.29, 0.717) is 13.2 Å². The molecule has 0 radical (unpaired) electrons. The lowest BCUT2D eigenvalue weighted by Crippen LogP contribution is -2.29. The Bertz CT molecular complexity index is 336. The van der Waals surface area contributed by atoms with Gasteiger partial charge in [0.2, 0.25) is 0 Å². The van der Waals surface area contributed by atoms with Crippen LogP contribution in [-0.2, 0) is 23.0 Å².